The molecule has 2 rings (SSSR count). The van der Waals surface area contributed by atoms with Gasteiger partial charge in [0.25, 0.3) is 0 Å². The number of likely N-dealkylation sites (N-methyl/N-ethyl adjacent to an activating group) is 2. The fourth-order valence-corrected chi connectivity index (χ4v) is 2.80. The van der Waals surface area contributed by atoms with E-state index in [0.717, 1.165) is 31.4 Å². The van der Waals surface area contributed by atoms with Gasteiger partial charge in [0.05, 0.1) is 6.10 Å². The van der Waals surface area contributed by atoms with Crippen LogP contribution in [0.15, 0.2) is 24.3 Å². The third-order valence-corrected chi connectivity index (χ3v) is 3.99. The van der Waals surface area contributed by atoms with Crippen molar-refractivity contribution >= 4 is 0 Å². The van der Waals surface area contributed by atoms with E-state index in [0.29, 0.717) is 6.04 Å². The molecule has 1 unspecified atom stereocenters. The first-order chi connectivity index (χ1) is 10.1. The lowest BCUT2D eigenvalue weighted by Crippen LogP contribution is -2.36. The van der Waals surface area contributed by atoms with Crippen LogP contribution in [0.1, 0.15) is 52.1 Å². The molecule has 21 heavy (non-hydrogen) atoms. The third kappa shape index (κ3) is 5.01. The molecule has 1 atom stereocenters. The van der Waals surface area contributed by atoms with Gasteiger partial charge >= 0.3 is 0 Å². The normalized spacial score (nSPS) is 16.5. The molecule has 1 aromatic carbocycles. The minimum Gasteiger partial charge on any atom is -0.491 e. The van der Waals surface area contributed by atoms with Crippen LogP contribution >= 0.6 is 0 Å². The minimum absolute atomic E-state index is 0.228. The summed E-state index contributed by atoms with van der Waals surface area (Å²) in [5.41, 5.74) is 1.35. The molecule has 3 heteroatoms. The highest BCUT2D eigenvalue weighted by atomic mass is 16.5. The van der Waals surface area contributed by atoms with Gasteiger partial charge in [-0.3, -0.25) is 4.90 Å². The Bertz CT molecular complexity index is 412. The van der Waals surface area contributed by atoms with Gasteiger partial charge in [0.2, 0.25) is 0 Å². The molecule has 0 saturated heterocycles. The maximum atomic E-state index is 5.73. The largest absolute Gasteiger partial charge is 0.491 e. The second-order valence-electron chi connectivity index (χ2n) is 6.16. The summed E-state index contributed by atoms with van der Waals surface area (Å²) < 4.78 is 5.73. The number of nitrogens with one attached hydrogen (secondary N) is 1. The number of hydrogen-bond acceptors (Lipinski definition) is 3. The van der Waals surface area contributed by atoms with Crippen LogP contribution in [0, 0.1) is 0 Å². The van der Waals surface area contributed by atoms with Gasteiger partial charge in [-0.25, -0.2) is 0 Å². The fourth-order valence-electron chi connectivity index (χ4n) is 2.80. The van der Waals surface area contributed by atoms with Crippen LogP contribution in [0.5, 0.6) is 5.75 Å². The highest BCUT2D eigenvalue weighted by molar-refractivity contribution is 5.29. The zero-order valence-electron chi connectivity index (χ0n) is 13.9. The fraction of sp³-hybridized carbons (Fsp3) is 0.667. The van der Waals surface area contributed by atoms with Crippen molar-refractivity contribution in [1.29, 1.82) is 0 Å². The first-order valence-electron chi connectivity index (χ1n) is 8.38. The Labute approximate surface area is 129 Å². The lowest BCUT2D eigenvalue weighted by Gasteiger charge is -2.27. The van der Waals surface area contributed by atoms with E-state index in [9.17, 15) is 0 Å². The predicted octanol–water partition coefficient (Wildman–Crippen LogP) is 3.61. The molecule has 0 aromatic heterocycles. The summed E-state index contributed by atoms with van der Waals surface area (Å²) >= 11 is 0. The van der Waals surface area contributed by atoms with Gasteiger partial charge in [-0.1, -0.05) is 26.0 Å². The lowest BCUT2D eigenvalue weighted by atomic mass is 10.1. The summed E-state index contributed by atoms with van der Waals surface area (Å²) in [4.78, 5) is 2.60. The van der Waals surface area contributed by atoms with Gasteiger partial charge in [-0.2, -0.15) is 0 Å². The molecule has 0 radical (unpaired) electrons. The predicted molar refractivity (Wildman–Crippen MR) is 88.9 cm³/mol. The van der Waals surface area contributed by atoms with Crippen LogP contribution in [0.3, 0.4) is 0 Å². The zero-order chi connectivity index (χ0) is 15.2. The standard InChI is InChI=1S/C18H30N2O/c1-5-19-18(13-20(6-2)16-9-10-16)15-7-11-17(12-8-15)21-14(3)4/h7-8,11-12,14,16,18-19H,5-6,9-10,13H2,1-4H3. The molecular formula is C18H30N2O. The molecule has 3 nitrogen and oxygen atoms in total. The smallest absolute Gasteiger partial charge is 0.119 e. The van der Waals surface area contributed by atoms with Crippen molar-refractivity contribution in [1.82, 2.24) is 10.2 Å². The molecule has 1 aromatic rings. The summed E-state index contributed by atoms with van der Waals surface area (Å²) in [5, 5.41) is 3.62. The van der Waals surface area contributed by atoms with Crippen molar-refractivity contribution < 1.29 is 4.74 Å². The van der Waals surface area contributed by atoms with E-state index < -0.39 is 0 Å². The monoisotopic (exact) mass is 290 g/mol. The first kappa shape index (κ1) is 16.3. The van der Waals surface area contributed by atoms with E-state index in [1.807, 2.05) is 0 Å². The van der Waals surface area contributed by atoms with Gasteiger partial charge < -0.3 is 10.1 Å². The molecule has 0 spiro atoms. The van der Waals surface area contributed by atoms with Crippen LogP contribution in [0.25, 0.3) is 0 Å². The summed E-state index contributed by atoms with van der Waals surface area (Å²) in [6.07, 6.45) is 2.97. The molecule has 0 heterocycles. The van der Waals surface area contributed by atoms with Crippen molar-refractivity contribution in [2.75, 3.05) is 19.6 Å². The molecule has 118 valence electrons. The SMILES string of the molecule is CCNC(CN(CC)C1CC1)c1ccc(OC(C)C)cc1. The van der Waals surface area contributed by atoms with Gasteiger partial charge in [0, 0.05) is 18.6 Å². The maximum Gasteiger partial charge on any atom is 0.119 e. The van der Waals surface area contributed by atoms with Crippen LogP contribution in [0.4, 0.5) is 0 Å². The van der Waals surface area contributed by atoms with Crippen molar-refractivity contribution in [2.24, 2.45) is 0 Å². The van der Waals surface area contributed by atoms with Crippen LogP contribution < -0.4 is 10.1 Å². The highest BCUT2D eigenvalue weighted by Crippen LogP contribution is 2.29. The third-order valence-electron chi connectivity index (χ3n) is 3.99. The summed E-state index contributed by atoms with van der Waals surface area (Å²) in [7, 11) is 0. The van der Waals surface area contributed by atoms with Crippen molar-refractivity contribution in [3.63, 3.8) is 0 Å². The van der Waals surface area contributed by atoms with Gasteiger partial charge in [0.1, 0.15) is 5.75 Å². The Balaban J connectivity index is 2.02. The molecule has 1 aliphatic rings. The van der Waals surface area contributed by atoms with Crippen molar-refractivity contribution in [2.45, 2.75) is 58.7 Å². The van der Waals surface area contributed by atoms with Crippen LogP contribution in [-0.2, 0) is 0 Å². The molecule has 0 amide bonds. The second kappa shape index (κ2) is 7.81. The molecule has 1 fully saturated rings. The number of nitrogens with zero attached hydrogens (tertiary/aromatic N) is 1. The van der Waals surface area contributed by atoms with E-state index in [-0.39, 0.29) is 6.10 Å². The highest BCUT2D eigenvalue weighted by Gasteiger charge is 2.29. The molecule has 1 N–H and O–H groups in total. The summed E-state index contributed by atoms with van der Waals surface area (Å²) in [6, 6.07) is 9.81. The van der Waals surface area contributed by atoms with Crippen molar-refractivity contribution in [3.8, 4) is 5.75 Å². The Morgan fingerprint density at radius 3 is 2.33 bits per heavy atom. The summed E-state index contributed by atoms with van der Waals surface area (Å²) in [5.74, 6) is 0.957. The molecule has 1 saturated carbocycles. The van der Waals surface area contributed by atoms with Crippen LogP contribution in [0.2, 0.25) is 0 Å². The van der Waals surface area contributed by atoms with E-state index >= 15 is 0 Å². The maximum absolute atomic E-state index is 5.73. The zero-order valence-corrected chi connectivity index (χ0v) is 13.9. The lowest BCUT2D eigenvalue weighted by molar-refractivity contribution is 0.240. The molecule has 0 bridgehead atoms. The van der Waals surface area contributed by atoms with E-state index in [1.54, 1.807) is 0 Å². The molecule has 1 aliphatic carbocycles. The topological polar surface area (TPSA) is 24.5 Å². The Kier molecular flexibility index (Phi) is 6.07. The summed E-state index contributed by atoms with van der Waals surface area (Å²) in [6.45, 7) is 11.8. The Morgan fingerprint density at radius 2 is 1.86 bits per heavy atom. The Hall–Kier alpha value is -1.06. The molecule has 0 aliphatic heterocycles. The average molecular weight is 290 g/mol. The number of ether oxygens (including phenoxy) is 1. The second-order valence-corrected chi connectivity index (χ2v) is 6.16. The van der Waals surface area contributed by atoms with Gasteiger partial charge in [-0.15, -0.1) is 0 Å². The molecular weight excluding hydrogens is 260 g/mol. The van der Waals surface area contributed by atoms with Crippen LogP contribution in [-0.4, -0.2) is 36.7 Å². The van der Waals surface area contributed by atoms with Crippen molar-refractivity contribution in [3.05, 3.63) is 29.8 Å². The van der Waals surface area contributed by atoms with E-state index in [1.165, 1.54) is 18.4 Å². The Morgan fingerprint density at radius 1 is 1.19 bits per heavy atom. The van der Waals surface area contributed by atoms with Gasteiger partial charge in [0.15, 0.2) is 0 Å². The number of benzene rings is 1. The number of hydrogen-bond donors (Lipinski definition) is 1. The minimum atomic E-state index is 0.228. The number of rotatable bonds is 9. The van der Waals surface area contributed by atoms with Gasteiger partial charge in [-0.05, 0) is 57.5 Å². The average Bonchev–Trinajstić information content (AvgIpc) is 3.28. The van der Waals surface area contributed by atoms with E-state index in [2.05, 4.69) is 62.2 Å². The van der Waals surface area contributed by atoms with E-state index in [4.69, 9.17) is 4.74 Å². The quantitative estimate of drug-likeness (QED) is 0.752. The first-order valence-corrected chi connectivity index (χ1v) is 8.38.